The van der Waals surface area contributed by atoms with Crippen molar-refractivity contribution in [1.29, 1.82) is 0 Å². The Bertz CT molecular complexity index is 1950. The number of methoxy groups -OCH3 is 1. The van der Waals surface area contributed by atoms with Crippen molar-refractivity contribution in [1.82, 2.24) is 9.88 Å². The first-order valence-electron chi connectivity index (χ1n) is 15.7. The molecule has 0 radical (unpaired) electrons. The van der Waals surface area contributed by atoms with Crippen LogP contribution in [0.15, 0.2) is 66.7 Å². The minimum atomic E-state index is -4.52. The molecule has 0 atom stereocenters. The summed E-state index contributed by atoms with van der Waals surface area (Å²) in [4.78, 5) is 57.3. The molecule has 268 valence electrons. The molecule has 0 saturated carbocycles. The number of alkyl halides is 3. The van der Waals surface area contributed by atoms with Crippen LogP contribution in [-0.4, -0.2) is 61.4 Å². The van der Waals surface area contributed by atoms with E-state index in [4.69, 9.17) is 25.8 Å². The van der Waals surface area contributed by atoms with Crippen molar-refractivity contribution in [3.8, 4) is 22.8 Å². The van der Waals surface area contributed by atoms with E-state index in [9.17, 15) is 32.3 Å². The number of aryl methyl sites for hydroxylation is 2. The zero-order valence-corrected chi connectivity index (χ0v) is 29.2. The van der Waals surface area contributed by atoms with Crippen LogP contribution in [0, 0.1) is 6.92 Å². The standard InChI is InChI=1S/C37H35ClF3N3O7/c1-6-50-30-20-24(36(48)49-5)19-28(38)33(30)51-31(45)9-7-8-22-11-17-29(27(18-22)35(47)44(3)4)43-34(46)26-16-10-21(2)42-32(26)23-12-14-25(15-13-23)37(39,40)41/h10-20H,6-9H2,1-5H3,(H,43,46). The van der Waals surface area contributed by atoms with Crippen LogP contribution in [0.4, 0.5) is 18.9 Å². The molecule has 0 fully saturated rings. The first kappa shape index (κ1) is 38.4. The molecule has 0 aliphatic heterocycles. The Kier molecular flexibility index (Phi) is 12.4. The Labute approximate surface area is 297 Å². The number of carbonyl (C=O) groups is 4. The topological polar surface area (TPSA) is 124 Å². The number of hydrogen-bond donors (Lipinski definition) is 1. The van der Waals surface area contributed by atoms with E-state index in [0.29, 0.717) is 29.7 Å². The van der Waals surface area contributed by atoms with Crippen LogP contribution in [0.5, 0.6) is 11.5 Å². The molecule has 3 aromatic carbocycles. The van der Waals surface area contributed by atoms with Crippen LogP contribution >= 0.6 is 11.6 Å². The normalized spacial score (nSPS) is 11.1. The molecule has 0 spiro atoms. The van der Waals surface area contributed by atoms with E-state index in [1.165, 1.54) is 42.3 Å². The van der Waals surface area contributed by atoms with Gasteiger partial charge in [-0.15, -0.1) is 0 Å². The van der Waals surface area contributed by atoms with Crippen LogP contribution in [0.25, 0.3) is 11.3 Å². The van der Waals surface area contributed by atoms with Gasteiger partial charge in [-0.25, -0.2) is 4.79 Å². The average molecular weight is 726 g/mol. The van der Waals surface area contributed by atoms with E-state index in [1.54, 1.807) is 52.2 Å². The molecule has 1 N–H and O–H groups in total. The summed E-state index contributed by atoms with van der Waals surface area (Å²) in [5.74, 6) is -2.18. The second-order valence-corrected chi connectivity index (χ2v) is 11.9. The zero-order chi connectivity index (χ0) is 37.5. The highest BCUT2D eigenvalue weighted by molar-refractivity contribution is 6.32. The highest BCUT2D eigenvalue weighted by atomic mass is 35.5. The number of nitrogens with one attached hydrogen (secondary N) is 1. The highest BCUT2D eigenvalue weighted by Crippen LogP contribution is 2.37. The van der Waals surface area contributed by atoms with E-state index < -0.39 is 35.5 Å². The molecule has 2 amide bonds. The van der Waals surface area contributed by atoms with Gasteiger partial charge >= 0.3 is 18.1 Å². The largest absolute Gasteiger partial charge is 0.490 e. The van der Waals surface area contributed by atoms with Crippen LogP contribution in [-0.2, 0) is 22.1 Å². The van der Waals surface area contributed by atoms with Crippen LogP contribution < -0.4 is 14.8 Å². The second-order valence-electron chi connectivity index (χ2n) is 11.5. The predicted octanol–water partition coefficient (Wildman–Crippen LogP) is 7.80. The van der Waals surface area contributed by atoms with E-state index in [-0.39, 0.29) is 57.6 Å². The van der Waals surface area contributed by atoms with Crippen molar-refractivity contribution < 1.29 is 46.6 Å². The molecule has 51 heavy (non-hydrogen) atoms. The number of halogens is 4. The Hall–Kier alpha value is -5.43. The first-order valence-corrected chi connectivity index (χ1v) is 16.1. The number of amides is 2. The van der Waals surface area contributed by atoms with Gasteiger partial charge in [-0.3, -0.25) is 19.4 Å². The third-order valence-corrected chi connectivity index (χ3v) is 7.81. The number of pyridine rings is 1. The summed E-state index contributed by atoms with van der Waals surface area (Å²) in [6, 6.07) is 15.0. The zero-order valence-electron chi connectivity index (χ0n) is 28.4. The van der Waals surface area contributed by atoms with Gasteiger partial charge in [0.05, 0.1) is 52.4 Å². The second kappa shape index (κ2) is 16.5. The molecular formula is C37H35ClF3N3O7. The van der Waals surface area contributed by atoms with Gasteiger partial charge in [0.2, 0.25) is 0 Å². The molecule has 0 aliphatic rings. The maximum atomic E-state index is 13.6. The first-order chi connectivity index (χ1) is 24.1. The fourth-order valence-corrected chi connectivity index (χ4v) is 5.26. The molecular weight excluding hydrogens is 691 g/mol. The third kappa shape index (κ3) is 9.63. The SMILES string of the molecule is CCOc1cc(C(=O)OC)cc(Cl)c1OC(=O)CCCc1ccc(NC(=O)c2ccc(C)nc2-c2ccc(C(F)(F)F)cc2)c(C(=O)N(C)C)c1. The number of anilines is 1. The number of rotatable bonds is 12. The Balaban J connectivity index is 1.51. The smallest absolute Gasteiger partial charge is 0.416 e. The summed E-state index contributed by atoms with van der Waals surface area (Å²) in [5.41, 5.74) is 1.51. The molecule has 1 heterocycles. The molecule has 4 aromatic rings. The molecule has 0 bridgehead atoms. The van der Waals surface area contributed by atoms with Gasteiger partial charge in [0.1, 0.15) is 0 Å². The summed E-state index contributed by atoms with van der Waals surface area (Å²) in [7, 11) is 4.34. The molecule has 0 saturated heterocycles. The number of ether oxygens (including phenoxy) is 3. The van der Waals surface area contributed by atoms with Crippen molar-refractivity contribution in [2.45, 2.75) is 39.3 Å². The Morgan fingerprint density at radius 2 is 1.65 bits per heavy atom. The van der Waals surface area contributed by atoms with Gasteiger partial charge in [-0.05, 0) is 80.8 Å². The summed E-state index contributed by atoms with van der Waals surface area (Å²) in [6.07, 6.45) is -3.85. The lowest BCUT2D eigenvalue weighted by Crippen LogP contribution is -2.24. The molecule has 0 aliphatic carbocycles. The Morgan fingerprint density at radius 3 is 2.27 bits per heavy atom. The molecule has 10 nitrogen and oxygen atoms in total. The van der Waals surface area contributed by atoms with E-state index in [2.05, 4.69) is 10.3 Å². The number of benzene rings is 3. The predicted molar refractivity (Wildman–Crippen MR) is 184 cm³/mol. The summed E-state index contributed by atoms with van der Waals surface area (Å²) >= 11 is 6.30. The summed E-state index contributed by atoms with van der Waals surface area (Å²) in [6.45, 7) is 3.63. The quantitative estimate of drug-likeness (QED) is 0.116. The lowest BCUT2D eigenvalue weighted by molar-refractivity contribution is -0.137. The van der Waals surface area contributed by atoms with Gasteiger partial charge in [0.15, 0.2) is 11.5 Å². The lowest BCUT2D eigenvalue weighted by Gasteiger charge is -2.17. The van der Waals surface area contributed by atoms with E-state index in [1.807, 2.05) is 0 Å². The third-order valence-electron chi connectivity index (χ3n) is 7.53. The molecule has 14 heteroatoms. The maximum absolute atomic E-state index is 13.6. The van der Waals surface area contributed by atoms with Crippen LogP contribution in [0.1, 0.15) is 67.7 Å². The van der Waals surface area contributed by atoms with Gasteiger partial charge in [0.25, 0.3) is 11.8 Å². The molecule has 4 rings (SSSR count). The monoisotopic (exact) mass is 725 g/mol. The van der Waals surface area contributed by atoms with Crippen molar-refractivity contribution in [2.24, 2.45) is 0 Å². The van der Waals surface area contributed by atoms with Crippen LogP contribution in [0.3, 0.4) is 0 Å². The van der Waals surface area contributed by atoms with Gasteiger partial charge in [-0.2, -0.15) is 13.2 Å². The number of aromatic nitrogens is 1. The highest BCUT2D eigenvalue weighted by Gasteiger charge is 2.30. The van der Waals surface area contributed by atoms with E-state index in [0.717, 1.165) is 12.1 Å². The van der Waals surface area contributed by atoms with Crippen molar-refractivity contribution in [3.05, 3.63) is 105 Å². The summed E-state index contributed by atoms with van der Waals surface area (Å²) in [5, 5.41) is 2.75. The lowest BCUT2D eigenvalue weighted by atomic mass is 10.0. The number of carbonyl (C=O) groups excluding carboxylic acids is 4. The van der Waals surface area contributed by atoms with Crippen molar-refractivity contribution >= 4 is 41.0 Å². The number of esters is 2. The Morgan fingerprint density at radius 1 is 0.941 bits per heavy atom. The average Bonchev–Trinajstić information content (AvgIpc) is 3.09. The fourth-order valence-electron chi connectivity index (χ4n) is 5.01. The van der Waals surface area contributed by atoms with Crippen molar-refractivity contribution in [3.63, 3.8) is 0 Å². The van der Waals surface area contributed by atoms with Crippen molar-refractivity contribution in [2.75, 3.05) is 33.1 Å². The molecule has 0 unspecified atom stereocenters. The minimum Gasteiger partial charge on any atom is -0.490 e. The van der Waals surface area contributed by atoms with E-state index >= 15 is 0 Å². The minimum absolute atomic E-state index is 0.00734. The maximum Gasteiger partial charge on any atom is 0.416 e. The molecule has 1 aromatic heterocycles. The number of nitrogens with zero attached hydrogens (tertiary/aromatic N) is 2. The summed E-state index contributed by atoms with van der Waals surface area (Å²) < 4.78 is 55.2. The van der Waals surface area contributed by atoms with Gasteiger partial charge < -0.3 is 24.4 Å². The van der Waals surface area contributed by atoms with Crippen LogP contribution in [0.2, 0.25) is 5.02 Å². The fraction of sp³-hybridized carbons (Fsp3) is 0.270. The number of hydrogen-bond acceptors (Lipinski definition) is 8. The van der Waals surface area contributed by atoms with Gasteiger partial charge in [-0.1, -0.05) is 29.8 Å². The van der Waals surface area contributed by atoms with Gasteiger partial charge in [0, 0.05) is 31.8 Å².